The Morgan fingerprint density at radius 1 is 0.815 bits per heavy atom. The Labute approximate surface area is 330 Å². The summed E-state index contributed by atoms with van der Waals surface area (Å²) in [5, 5.41) is 32.4. The van der Waals surface area contributed by atoms with Crippen molar-refractivity contribution in [2.75, 3.05) is 6.61 Å². The van der Waals surface area contributed by atoms with Crippen LogP contribution in [0.5, 0.6) is 0 Å². The molecule has 1 aliphatic heterocycles. The van der Waals surface area contributed by atoms with Gasteiger partial charge in [-0.2, -0.15) is 0 Å². The number of aliphatic hydroxyl groups excluding tert-OH is 3. The Balaban J connectivity index is 1.06. The predicted octanol–water partition coefficient (Wildman–Crippen LogP) is 10.5. The summed E-state index contributed by atoms with van der Waals surface area (Å²) in [6.07, 6.45) is 23.4. The molecule has 5 aliphatic rings. The van der Waals surface area contributed by atoms with E-state index in [0.717, 1.165) is 74.5 Å². The zero-order valence-electron chi connectivity index (χ0n) is 35.5. The molecule has 0 aromatic rings. The third-order valence-electron chi connectivity index (χ3n) is 15.6. The maximum atomic E-state index is 12.5. The standard InChI is InChI=1S/C47H82O7/c1-7-8-9-10-11-12-13-14-15-16-17-21-41(48)52-31-40-42(49)43(50)44(51)45(54-40)53-35-26-28-46(5)34(30-35)22-23-36-38-25-24-37(33(4)20-18-19-32(2)3)47(38,6)29-27-39(36)46/h22,32-33,35-40,42-45,49-51H,7-21,23-31H2,1-6H3/t33-,35?,36?,37-,38?,39?,40-,42-,43+,44+,45+,46+,47-/m1/s1. The minimum atomic E-state index is -1.44. The topological polar surface area (TPSA) is 105 Å². The van der Waals surface area contributed by atoms with E-state index in [1.165, 1.54) is 102 Å². The van der Waals surface area contributed by atoms with Gasteiger partial charge in [-0.15, -0.1) is 0 Å². The van der Waals surface area contributed by atoms with E-state index >= 15 is 0 Å². The average Bonchev–Trinajstić information content (AvgIpc) is 3.50. The molecule has 7 heteroatoms. The van der Waals surface area contributed by atoms with E-state index in [9.17, 15) is 20.1 Å². The van der Waals surface area contributed by atoms with E-state index in [0.29, 0.717) is 17.8 Å². The molecule has 312 valence electrons. The highest BCUT2D eigenvalue weighted by Gasteiger charge is 2.59. The largest absolute Gasteiger partial charge is 0.463 e. The summed E-state index contributed by atoms with van der Waals surface area (Å²) in [6.45, 7) is 14.5. The van der Waals surface area contributed by atoms with Crippen molar-refractivity contribution in [2.45, 2.75) is 226 Å². The van der Waals surface area contributed by atoms with Gasteiger partial charge >= 0.3 is 5.97 Å². The van der Waals surface area contributed by atoms with Crippen LogP contribution >= 0.6 is 0 Å². The smallest absolute Gasteiger partial charge is 0.305 e. The second-order valence-electron chi connectivity index (χ2n) is 19.8. The zero-order chi connectivity index (χ0) is 38.9. The second kappa shape index (κ2) is 20.6. The van der Waals surface area contributed by atoms with Crippen LogP contribution in [0.1, 0.15) is 189 Å². The highest BCUT2D eigenvalue weighted by Crippen LogP contribution is 2.67. The molecule has 0 bridgehead atoms. The lowest BCUT2D eigenvalue weighted by Crippen LogP contribution is -2.60. The number of allylic oxidation sites excluding steroid dienone is 1. The third kappa shape index (κ3) is 10.7. The van der Waals surface area contributed by atoms with Gasteiger partial charge in [-0.3, -0.25) is 4.79 Å². The minimum absolute atomic E-state index is 0.136. The fraction of sp³-hybridized carbons (Fsp3) is 0.936. The Kier molecular flexibility index (Phi) is 16.8. The molecule has 0 radical (unpaired) electrons. The van der Waals surface area contributed by atoms with Gasteiger partial charge in [-0.1, -0.05) is 137 Å². The van der Waals surface area contributed by atoms with Crippen molar-refractivity contribution in [1.82, 2.24) is 0 Å². The van der Waals surface area contributed by atoms with Crippen LogP contribution in [0.2, 0.25) is 0 Å². The lowest BCUT2D eigenvalue weighted by atomic mass is 9.47. The molecule has 54 heavy (non-hydrogen) atoms. The van der Waals surface area contributed by atoms with Crippen LogP contribution in [0.25, 0.3) is 0 Å². The van der Waals surface area contributed by atoms with E-state index < -0.39 is 30.7 Å². The minimum Gasteiger partial charge on any atom is -0.463 e. The van der Waals surface area contributed by atoms with Crippen LogP contribution in [0.3, 0.4) is 0 Å². The molecule has 1 saturated heterocycles. The molecule has 4 unspecified atom stereocenters. The number of rotatable bonds is 21. The Morgan fingerprint density at radius 2 is 1.50 bits per heavy atom. The fourth-order valence-electron chi connectivity index (χ4n) is 12.3. The molecular formula is C47H82O7. The summed E-state index contributed by atoms with van der Waals surface area (Å²) in [4.78, 5) is 12.5. The van der Waals surface area contributed by atoms with Gasteiger partial charge < -0.3 is 29.5 Å². The van der Waals surface area contributed by atoms with Crippen molar-refractivity contribution in [1.29, 1.82) is 0 Å². The molecule has 5 rings (SSSR count). The van der Waals surface area contributed by atoms with Gasteiger partial charge in [0.25, 0.3) is 0 Å². The molecule has 0 aromatic carbocycles. The van der Waals surface area contributed by atoms with Crippen molar-refractivity contribution in [3.05, 3.63) is 11.6 Å². The number of hydrogen-bond acceptors (Lipinski definition) is 7. The predicted molar refractivity (Wildman–Crippen MR) is 217 cm³/mol. The molecular weight excluding hydrogens is 677 g/mol. The van der Waals surface area contributed by atoms with Gasteiger partial charge in [0.2, 0.25) is 0 Å². The average molecular weight is 759 g/mol. The molecule has 0 amide bonds. The molecule has 0 spiro atoms. The number of hydrogen-bond donors (Lipinski definition) is 3. The molecule has 3 N–H and O–H groups in total. The van der Waals surface area contributed by atoms with Crippen molar-refractivity contribution < 1.29 is 34.3 Å². The summed E-state index contributed by atoms with van der Waals surface area (Å²) in [7, 11) is 0. The van der Waals surface area contributed by atoms with E-state index in [1.54, 1.807) is 0 Å². The third-order valence-corrected chi connectivity index (χ3v) is 15.6. The first-order valence-corrected chi connectivity index (χ1v) is 23.1. The Morgan fingerprint density at radius 3 is 2.19 bits per heavy atom. The van der Waals surface area contributed by atoms with Crippen LogP contribution in [-0.4, -0.2) is 64.7 Å². The molecule has 13 atom stereocenters. The Hall–Kier alpha value is -0.990. The summed E-state index contributed by atoms with van der Waals surface area (Å²) >= 11 is 0. The first-order valence-electron chi connectivity index (χ1n) is 23.1. The summed E-state index contributed by atoms with van der Waals surface area (Å²) < 4.78 is 18.0. The van der Waals surface area contributed by atoms with Gasteiger partial charge in [0.05, 0.1) is 6.10 Å². The van der Waals surface area contributed by atoms with Gasteiger partial charge in [0.15, 0.2) is 6.29 Å². The van der Waals surface area contributed by atoms with Gasteiger partial charge in [-0.25, -0.2) is 0 Å². The monoisotopic (exact) mass is 759 g/mol. The SMILES string of the molecule is CCCCCCCCCCCCCC(=O)OC[C@H]1O[C@H](OC2CC[C@@]3(C)C(=CCC4C3CC[C@@]3(C)C4CC[C@@H]3[C@H](C)CCCC(C)C)C2)[C@@H](O)[C@@H](O)[C@@H]1O. The highest BCUT2D eigenvalue weighted by atomic mass is 16.7. The van der Waals surface area contributed by atoms with Gasteiger partial charge in [-0.05, 0) is 104 Å². The zero-order valence-corrected chi connectivity index (χ0v) is 35.5. The molecule has 7 nitrogen and oxygen atoms in total. The Bertz CT molecular complexity index is 1170. The number of fused-ring (bicyclic) bond motifs is 5. The number of esters is 1. The van der Waals surface area contributed by atoms with Crippen LogP contribution in [0, 0.1) is 46.3 Å². The van der Waals surface area contributed by atoms with E-state index in [4.69, 9.17) is 14.2 Å². The van der Waals surface area contributed by atoms with Crippen LogP contribution in [-0.2, 0) is 19.0 Å². The molecule has 4 aliphatic carbocycles. The van der Waals surface area contributed by atoms with Crippen LogP contribution in [0.4, 0.5) is 0 Å². The maximum Gasteiger partial charge on any atom is 0.305 e. The molecule has 3 saturated carbocycles. The van der Waals surface area contributed by atoms with Gasteiger partial charge in [0.1, 0.15) is 31.0 Å². The number of carbonyl (C=O) groups is 1. The second-order valence-corrected chi connectivity index (χ2v) is 19.8. The van der Waals surface area contributed by atoms with Crippen molar-refractivity contribution >= 4 is 5.97 Å². The van der Waals surface area contributed by atoms with E-state index in [2.05, 4.69) is 47.6 Å². The highest BCUT2D eigenvalue weighted by molar-refractivity contribution is 5.69. The summed E-state index contributed by atoms with van der Waals surface area (Å²) in [6, 6.07) is 0. The summed E-state index contributed by atoms with van der Waals surface area (Å²) in [5.74, 6) is 4.45. The van der Waals surface area contributed by atoms with Crippen LogP contribution < -0.4 is 0 Å². The normalized spacial score (nSPS) is 38.4. The number of unbranched alkanes of at least 4 members (excludes halogenated alkanes) is 10. The first-order chi connectivity index (χ1) is 25.9. The number of ether oxygens (including phenoxy) is 3. The fourth-order valence-corrected chi connectivity index (χ4v) is 12.3. The van der Waals surface area contributed by atoms with Crippen molar-refractivity contribution in [2.24, 2.45) is 46.3 Å². The van der Waals surface area contributed by atoms with Crippen LogP contribution in [0.15, 0.2) is 11.6 Å². The number of carbonyl (C=O) groups excluding carboxylic acids is 1. The van der Waals surface area contributed by atoms with E-state index in [1.807, 2.05) is 0 Å². The van der Waals surface area contributed by atoms with E-state index in [-0.39, 0.29) is 24.1 Å². The number of aliphatic hydroxyl groups is 3. The first kappa shape index (κ1) is 44.1. The maximum absolute atomic E-state index is 12.5. The lowest BCUT2D eigenvalue weighted by molar-refractivity contribution is -0.313. The van der Waals surface area contributed by atoms with Gasteiger partial charge in [0, 0.05) is 6.42 Å². The quantitative estimate of drug-likeness (QED) is 0.0608. The molecule has 1 heterocycles. The lowest BCUT2D eigenvalue weighted by Gasteiger charge is -2.58. The summed E-state index contributed by atoms with van der Waals surface area (Å²) in [5.41, 5.74) is 2.15. The molecule has 0 aromatic heterocycles. The molecule has 4 fully saturated rings. The van der Waals surface area contributed by atoms with Crippen molar-refractivity contribution in [3.63, 3.8) is 0 Å². The van der Waals surface area contributed by atoms with Crippen molar-refractivity contribution in [3.8, 4) is 0 Å².